The van der Waals surface area contributed by atoms with Crippen LogP contribution in [0, 0.1) is 0 Å². The van der Waals surface area contributed by atoms with Crippen molar-refractivity contribution in [3.05, 3.63) is 48.5 Å². The van der Waals surface area contributed by atoms with Crippen molar-refractivity contribution in [1.82, 2.24) is 34.9 Å². The summed E-state index contributed by atoms with van der Waals surface area (Å²) >= 11 is 0. The average molecular weight is 448 g/mol. The van der Waals surface area contributed by atoms with E-state index in [0.29, 0.717) is 13.3 Å². The first-order valence-corrected chi connectivity index (χ1v) is 12.6. The molecule has 4 aromatic rings. The molecular formula is C26H37N7. The summed E-state index contributed by atoms with van der Waals surface area (Å²) in [6.45, 7) is 4.65. The summed E-state index contributed by atoms with van der Waals surface area (Å²) in [5.41, 5.74) is 3.99. The summed E-state index contributed by atoms with van der Waals surface area (Å²) in [6.07, 6.45) is 13.4. The van der Waals surface area contributed by atoms with Crippen molar-refractivity contribution in [1.29, 1.82) is 0 Å². The van der Waals surface area contributed by atoms with Gasteiger partial charge in [-0.05, 0) is 30.7 Å². The zero-order chi connectivity index (χ0) is 22.7. The standard InChI is InChI=1S/C26H37N7/c1-2-3-4-5-6-7-8-9-10-15-20-31(21-32-25-18-13-11-16-23(25)27-29-32)22-33-26-19-14-12-17-24(26)28-30-33/h11-14,16-19H,2-10,15,20-22H2,1H3. The van der Waals surface area contributed by atoms with E-state index in [0.717, 1.165) is 28.6 Å². The molecule has 0 aliphatic carbocycles. The predicted molar refractivity (Wildman–Crippen MR) is 134 cm³/mol. The quantitative estimate of drug-likeness (QED) is 0.209. The van der Waals surface area contributed by atoms with Gasteiger partial charge in [-0.15, -0.1) is 10.2 Å². The fraction of sp³-hybridized carbons (Fsp3) is 0.538. The van der Waals surface area contributed by atoms with Gasteiger partial charge in [0, 0.05) is 6.54 Å². The Kier molecular flexibility index (Phi) is 8.81. The fourth-order valence-corrected chi connectivity index (χ4v) is 4.43. The molecule has 33 heavy (non-hydrogen) atoms. The van der Waals surface area contributed by atoms with Crippen LogP contribution in [0.5, 0.6) is 0 Å². The number of hydrogen-bond acceptors (Lipinski definition) is 5. The minimum Gasteiger partial charge on any atom is -0.265 e. The molecule has 2 aromatic heterocycles. The molecule has 0 radical (unpaired) electrons. The highest BCUT2D eigenvalue weighted by Gasteiger charge is 2.13. The van der Waals surface area contributed by atoms with Gasteiger partial charge in [-0.2, -0.15) is 0 Å². The molecule has 0 amide bonds. The molecule has 0 aliphatic heterocycles. The number of hydrogen-bond donors (Lipinski definition) is 0. The van der Waals surface area contributed by atoms with Crippen molar-refractivity contribution in [3.63, 3.8) is 0 Å². The third-order valence-corrected chi connectivity index (χ3v) is 6.34. The molecule has 176 valence electrons. The van der Waals surface area contributed by atoms with Crippen molar-refractivity contribution in [2.45, 2.75) is 84.5 Å². The van der Waals surface area contributed by atoms with Crippen molar-refractivity contribution in [2.75, 3.05) is 6.54 Å². The van der Waals surface area contributed by atoms with Gasteiger partial charge in [-0.3, -0.25) is 4.90 Å². The maximum atomic E-state index is 4.41. The molecule has 0 saturated heterocycles. The maximum Gasteiger partial charge on any atom is 0.113 e. The maximum absolute atomic E-state index is 4.41. The first-order chi connectivity index (χ1) is 16.3. The Hall–Kier alpha value is -2.80. The fourth-order valence-electron chi connectivity index (χ4n) is 4.43. The number of nitrogens with zero attached hydrogens (tertiary/aromatic N) is 7. The molecule has 0 aliphatic rings. The van der Waals surface area contributed by atoms with E-state index in [4.69, 9.17) is 0 Å². The van der Waals surface area contributed by atoms with Crippen molar-refractivity contribution >= 4 is 22.1 Å². The van der Waals surface area contributed by atoms with Crippen LogP contribution in [0.4, 0.5) is 0 Å². The van der Waals surface area contributed by atoms with Crippen LogP contribution in [0.1, 0.15) is 71.1 Å². The number of benzene rings is 2. The van der Waals surface area contributed by atoms with Gasteiger partial charge in [-0.25, -0.2) is 9.36 Å². The van der Waals surface area contributed by atoms with E-state index in [1.54, 1.807) is 0 Å². The van der Waals surface area contributed by atoms with E-state index in [1.807, 2.05) is 45.8 Å². The van der Waals surface area contributed by atoms with Crippen LogP contribution < -0.4 is 0 Å². The molecule has 0 unspecified atom stereocenters. The molecule has 7 nitrogen and oxygen atoms in total. The van der Waals surface area contributed by atoms with Crippen LogP contribution in [0.15, 0.2) is 48.5 Å². The number of aromatic nitrogens is 6. The lowest BCUT2D eigenvalue weighted by atomic mass is 10.1. The Morgan fingerprint density at radius 1 is 0.606 bits per heavy atom. The Bertz CT molecular complexity index is 1020. The SMILES string of the molecule is CCCCCCCCCCCCN(Cn1nnc2ccccc21)Cn1nnc2ccccc21. The number of fused-ring (bicyclic) bond motifs is 2. The minimum absolute atomic E-state index is 0.687. The second-order valence-electron chi connectivity index (χ2n) is 9.01. The Balaban J connectivity index is 1.32. The lowest BCUT2D eigenvalue weighted by molar-refractivity contribution is 0.152. The van der Waals surface area contributed by atoms with E-state index < -0.39 is 0 Å². The van der Waals surface area contributed by atoms with Crippen LogP contribution >= 0.6 is 0 Å². The van der Waals surface area contributed by atoms with Crippen LogP contribution in [-0.4, -0.2) is 41.4 Å². The molecule has 4 rings (SSSR count). The topological polar surface area (TPSA) is 64.7 Å². The Morgan fingerprint density at radius 3 is 1.58 bits per heavy atom. The molecule has 0 fully saturated rings. The van der Waals surface area contributed by atoms with Gasteiger partial charge in [0.15, 0.2) is 0 Å². The van der Waals surface area contributed by atoms with Gasteiger partial charge >= 0.3 is 0 Å². The highest BCUT2D eigenvalue weighted by molar-refractivity contribution is 5.74. The van der Waals surface area contributed by atoms with Gasteiger partial charge in [0.2, 0.25) is 0 Å². The zero-order valence-electron chi connectivity index (χ0n) is 19.9. The second-order valence-corrected chi connectivity index (χ2v) is 9.01. The van der Waals surface area contributed by atoms with E-state index in [1.165, 1.54) is 64.2 Å². The summed E-state index contributed by atoms with van der Waals surface area (Å²) < 4.78 is 3.98. The summed E-state index contributed by atoms with van der Waals surface area (Å²) in [6, 6.07) is 16.3. The Labute approximate surface area is 196 Å². The van der Waals surface area contributed by atoms with Gasteiger partial charge in [0.25, 0.3) is 0 Å². The molecule has 0 N–H and O–H groups in total. The third kappa shape index (κ3) is 6.60. The summed E-state index contributed by atoms with van der Waals surface area (Å²) in [5, 5.41) is 17.5. The lowest BCUT2D eigenvalue weighted by Crippen LogP contribution is -2.31. The van der Waals surface area contributed by atoms with E-state index in [9.17, 15) is 0 Å². The monoisotopic (exact) mass is 447 g/mol. The third-order valence-electron chi connectivity index (χ3n) is 6.34. The van der Waals surface area contributed by atoms with Crippen molar-refractivity contribution in [3.8, 4) is 0 Å². The molecule has 0 bridgehead atoms. The summed E-state index contributed by atoms with van der Waals surface area (Å²) in [7, 11) is 0. The van der Waals surface area contributed by atoms with Crippen molar-refractivity contribution in [2.24, 2.45) is 0 Å². The molecule has 2 heterocycles. The van der Waals surface area contributed by atoms with Crippen LogP contribution in [-0.2, 0) is 13.3 Å². The number of rotatable bonds is 15. The minimum atomic E-state index is 0.687. The van der Waals surface area contributed by atoms with E-state index in [-0.39, 0.29) is 0 Å². The molecule has 0 saturated carbocycles. The van der Waals surface area contributed by atoms with Gasteiger partial charge in [0.1, 0.15) is 11.0 Å². The highest BCUT2D eigenvalue weighted by Crippen LogP contribution is 2.15. The molecule has 7 heteroatoms. The van der Waals surface area contributed by atoms with Crippen LogP contribution in [0.25, 0.3) is 22.1 Å². The molecule has 0 atom stereocenters. The van der Waals surface area contributed by atoms with Crippen molar-refractivity contribution < 1.29 is 0 Å². The molecular weight excluding hydrogens is 410 g/mol. The second kappa shape index (κ2) is 12.4. The van der Waals surface area contributed by atoms with Gasteiger partial charge < -0.3 is 0 Å². The number of unbranched alkanes of at least 4 members (excludes halogenated alkanes) is 9. The molecule has 2 aromatic carbocycles. The van der Waals surface area contributed by atoms with Gasteiger partial charge in [0.05, 0.1) is 24.4 Å². The summed E-state index contributed by atoms with van der Waals surface area (Å²) in [4.78, 5) is 2.40. The van der Waals surface area contributed by atoms with Gasteiger partial charge in [-0.1, -0.05) is 99.4 Å². The Morgan fingerprint density at radius 2 is 1.06 bits per heavy atom. The highest BCUT2D eigenvalue weighted by atomic mass is 15.5. The van der Waals surface area contributed by atoms with E-state index >= 15 is 0 Å². The van der Waals surface area contributed by atoms with E-state index in [2.05, 4.69) is 44.6 Å². The van der Waals surface area contributed by atoms with Crippen LogP contribution in [0.2, 0.25) is 0 Å². The first kappa shape index (κ1) is 23.4. The lowest BCUT2D eigenvalue weighted by Gasteiger charge is -2.22. The predicted octanol–water partition coefficient (Wildman–Crippen LogP) is 6.01. The smallest absolute Gasteiger partial charge is 0.113 e. The molecule has 0 spiro atoms. The average Bonchev–Trinajstić information content (AvgIpc) is 3.44. The zero-order valence-corrected chi connectivity index (χ0v) is 19.9. The number of para-hydroxylation sites is 2. The summed E-state index contributed by atoms with van der Waals surface area (Å²) in [5.74, 6) is 0. The largest absolute Gasteiger partial charge is 0.265 e. The van der Waals surface area contributed by atoms with Crippen LogP contribution in [0.3, 0.4) is 0 Å². The normalized spacial score (nSPS) is 11.8. The first-order valence-electron chi connectivity index (χ1n) is 12.6.